The number of aromatic nitrogens is 2. The molecule has 140 valence electrons. The quantitative estimate of drug-likeness (QED) is 0.794. The fraction of sp³-hybridized carbons (Fsp3) is 0.300. The number of rotatable bonds is 5. The average molecular weight is 365 g/mol. The van der Waals surface area contributed by atoms with Crippen molar-refractivity contribution in [3.63, 3.8) is 0 Å². The van der Waals surface area contributed by atoms with E-state index in [9.17, 15) is 9.59 Å². The second kappa shape index (κ2) is 8.93. The molecule has 7 nitrogen and oxygen atoms in total. The number of nitrogens with one attached hydrogen (secondary N) is 2. The highest BCUT2D eigenvalue weighted by Gasteiger charge is 2.21. The zero-order valence-corrected chi connectivity index (χ0v) is 15.3. The predicted octanol–water partition coefficient (Wildman–Crippen LogP) is 2.23. The Labute approximate surface area is 158 Å². The second-order valence-electron chi connectivity index (χ2n) is 6.46. The van der Waals surface area contributed by atoms with Crippen LogP contribution < -0.4 is 15.5 Å². The summed E-state index contributed by atoms with van der Waals surface area (Å²) in [6.07, 6.45) is 8.51. The zero-order valence-electron chi connectivity index (χ0n) is 15.3. The van der Waals surface area contributed by atoms with Crippen molar-refractivity contribution in [3.05, 3.63) is 54.4 Å². The van der Waals surface area contributed by atoms with Gasteiger partial charge in [-0.05, 0) is 42.7 Å². The first-order valence-electron chi connectivity index (χ1n) is 8.98. The highest BCUT2D eigenvalue weighted by atomic mass is 16.2. The van der Waals surface area contributed by atoms with Crippen LogP contribution >= 0.6 is 0 Å². The Morgan fingerprint density at radius 3 is 2.41 bits per heavy atom. The molecule has 1 aromatic carbocycles. The van der Waals surface area contributed by atoms with Gasteiger partial charge in [-0.3, -0.25) is 9.59 Å². The van der Waals surface area contributed by atoms with Gasteiger partial charge in [-0.15, -0.1) is 0 Å². The molecule has 1 aliphatic rings. The molecule has 0 atom stereocenters. The van der Waals surface area contributed by atoms with Crippen molar-refractivity contribution in [2.75, 3.05) is 23.3 Å². The van der Waals surface area contributed by atoms with E-state index >= 15 is 0 Å². The number of benzene rings is 1. The van der Waals surface area contributed by atoms with E-state index in [1.165, 1.54) is 6.92 Å². The Morgan fingerprint density at radius 1 is 1.11 bits per heavy atom. The summed E-state index contributed by atoms with van der Waals surface area (Å²) in [5.41, 5.74) is 1.63. The normalized spacial score (nSPS) is 14.9. The number of anilines is 2. The first-order valence-corrected chi connectivity index (χ1v) is 8.98. The van der Waals surface area contributed by atoms with Crippen LogP contribution in [-0.2, 0) is 9.59 Å². The van der Waals surface area contributed by atoms with Crippen molar-refractivity contribution >= 4 is 29.5 Å². The molecule has 0 unspecified atom stereocenters. The van der Waals surface area contributed by atoms with Gasteiger partial charge in [-0.25, -0.2) is 9.97 Å². The molecule has 0 bridgehead atoms. The first-order chi connectivity index (χ1) is 13.1. The van der Waals surface area contributed by atoms with Crippen molar-refractivity contribution in [3.8, 4) is 0 Å². The summed E-state index contributed by atoms with van der Waals surface area (Å²) in [5, 5.41) is 5.76. The minimum atomic E-state index is -0.109. The number of carbonyl (C=O) groups excluding carboxylic acids is 2. The number of nitrogens with zero attached hydrogens (tertiary/aromatic N) is 3. The molecule has 2 heterocycles. The van der Waals surface area contributed by atoms with Gasteiger partial charge >= 0.3 is 0 Å². The summed E-state index contributed by atoms with van der Waals surface area (Å²) in [5.74, 6) is 0.530. The number of piperidine rings is 1. The van der Waals surface area contributed by atoms with Crippen LogP contribution in [0.15, 0.2) is 48.8 Å². The third-order valence-electron chi connectivity index (χ3n) is 4.33. The lowest BCUT2D eigenvalue weighted by molar-refractivity contribution is -0.117. The number of amides is 2. The Kier molecular flexibility index (Phi) is 6.14. The fourth-order valence-corrected chi connectivity index (χ4v) is 2.98. The molecule has 2 N–H and O–H groups in total. The minimum absolute atomic E-state index is 0.102. The van der Waals surface area contributed by atoms with Crippen LogP contribution in [0.4, 0.5) is 11.6 Å². The van der Waals surface area contributed by atoms with E-state index in [0.29, 0.717) is 0 Å². The molecular formula is C20H23N5O2. The lowest BCUT2D eigenvalue weighted by Gasteiger charge is -2.32. The van der Waals surface area contributed by atoms with Crippen molar-refractivity contribution in [2.24, 2.45) is 0 Å². The highest BCUT2D eigenvalue weighted by molar-refractivity contribution is 5.92. The number of hydrogen-bond donors (Lipinski definition) is 2. The molecular weight excluding hydrogens is 342 g/mol. The standard InChI is InChI=1S/C20H23N5O2/c1-15(26)23-17-6-3-16(4-7-17)5-8-19(27)24-18-9-13-25(14-10-18)20-21-11-2-12-22-20/h2-8,11-12,18H,9-10,13-14H2,1H3,(H,23,26)(H,24,27)/b8-5+. The maximum absolute atomic E-state index is 12.2. The fourth-order valence-electron chi connectivity index (χ4n) is 2.98. The van der Waals surface area contributed by atoms with E-state index in [2.05, 4.69) is 25.5 Å². The van der Waals surface area contributed by atoms with E-state index in [-0.39, 0.29) is 17.9 Å². The van der Waals surface area contributed by atoms with Crippen LogP contribution in [0.3, 0.4) is 0 Å². The summed E-state index contributed by atoms with van der Waals surface area (Å²) >= 11 is 0. The molecule has 1 saturated heterocycles. The van der Waals surface area contributed by atoms with E-state index in [0.717, 1.165) is 43.1 Å². The molecule has 1 aliphatic heterocycles. The lowest BCUT2D eigenvalue weighted by Crippen LogP contribution is -2.44. The van der Waals surface area contributed by atoms with Crippen LogP contribution in [0.2, 0.25) is 0 Å². The third-order valence-corrected chi connectivity index (χ3v) is 4.33. The predicted molar refractivity (Wildman–Crippen MR) is 105 cm³/mol. The Bertz CT molecular complexity index is 797. The van der Waals surface area contributed by atoms with Gasteiger partial charge in [0.15, 0.2) is 0 Å². The van der Waals surface area contributed by atoms with Crippen molar-refractivity contribution in [1.82, 2.24) is 15.3 Å². The SMILES string of the molecule is CC(=O)Nc1ccc(/C=C/C(=O)NC2CCN(c3ncccn3)CC2)cc1. The van der Waals surface area contributed by atoms with Gasteiger partial charge in [-0.1, -0.05) is 12.1 Å². The summed E-state index contributed by atoms with van der Waals surface area (Å²) in [6, 6.07) is 9.28. The molecule has 3 rings (SSSR count). The van der Waals surface area contributed by atoms with E-state index in [1.54, 1.807) is 42.7 Å². The Hall–Kier alpha value is -3.22. The molecule has 7 heteroatoms. The molecule has 0 aliphatic carbocycles. The minimum Gasteiger partial charge on any atom is -0.350 e. The van der Waals surface area contributed by atoms with Crippen molar-refractivity contribution < 1.29 is 9.59 Å². The van der Waals surface area contributed by atoms with E-state index < -0.39 is 0 Å². The number of hydrogen-bond acceptors (Lipinski definition) is 5. The largest absolute Gasteiger partial charge is 0.350 e. The Balaban J connectivity index is 1.45. The summed E-state index contributed by atoms with van der Waals surface area (Å²) < 4.78 is 0. The summed E-state index contributed by atoms with van der Waals surface area (Å²) in [6.45, 7) is 3.11. The topological polar surface area (TPSA) is 87.2 Å². The second-order valence-corrected chi connectivity index (χ2v) is 6.46. The molecule has 2 aromatic rings. The third kappa shape index (κ3) is 5.64. The van der Waals surface area contributed by atoms with Gasteiger partial charge in [0.2, 0.25) is 17.8 Å². The average Bonchev–Trinajstić information content (AvgIpc) is 2.68. The molecule has 0 radical (unpaired) electrons. The smallest absolute Gasteiger partial charge is 0.244 e. The molecule has 0 spiro atoms. The van der Waals surface area contributed by atoms with Gasteiger partial charge in [-0.2, -0.15) is 0 Å². The maximum atomic E-state index is 12.2. The number of carbonyl (C=O) groups is 2. The van der Waals surface area contributed by atoms with Crippen LogP contribution in [0.1, 0.15) is 25.3 Å². The lowest BCUT2D eigenvalue weighted by atomic mass is 10.1. The molecule has 0 saturated carbocycles. The van der Waals surface area contributed by atoms with Gasteiger partial charge in [0.1, 0.15) is 0 Å². The van der Waals surface area contributed by atoms with Gasteiger partial charge in [0.05, 0.1) is 0 Å². The zero-order chi connectivity index (χ0) is 19.1. The first kappa shape index (κ1) is 18.6. The van der Waals surface area contributed by atoms with Gasteiger partial charge in [0.25, 0.3) is 0 Å². The van der Waals surface area contributed by atoms with Gasteiger partial charge < -0.3 is 15.5 Å². The van der Waals surface area contributed by atoms with Crippen LogP contribution in [0, 0.1) is 0 Å². The monoisotopic (exact) mass is 365 g/mol. The highest BCUT2D eigenvalue weighted by Crippen LogP contribution is 2.15. The van der Waals surface area contributed by atoms with Crippen molar-refractivity contribution in [1.29, 1.82) is 0 Å². The molecule has 27 heavy (non-hydrogen) atoms. The summed E-state index contributed by atoms with van der Waals surface area (Å²) in [4.78, 5) is 33.8. The maximum Gasteiger partial charge on any atom is 0.244 e. The van der Waals surface area contributed by atoms with Crippen LogP contribution in [-0.4, -0.2) is 40.9 Å². The van der Waals surface area contributed by atoms with Crippen molar-refractivity contribution in [2.45, 2.75) is 25.8 Å². The van der Waals surface area contributed by atoms with Gasteiger partial charge in [0, 0.05) is 50.2 Å². The van der Waals surface area contributed by atoms with E-state index in [4.69, 9.17) is 0 Å². The summed E-state index contributed by atoms with van der Waals surface area (Å²) in [7, 11) is 0. The Morgan fingerprint density at radius 2 is 1.78 bits per heavy atom. The molecule has 1 aromatic heterocycles. The van der Waals surface area contributed by atoms with Crippen LogP contribution in [0.25, 0.3) is 6.08 Å². The van der Waals surface area contributed by atoms with E-state index in [1.807, 2.05) is 12.1 Å². The molecule has 2 amide bonds. The molecule has 1 fully saturated rings. The van der Waals surface area contributed by atoms with Crippen LogP contribution in [0.5, 0.6) is 0 Å².